The van der Waals surface area contributed by atoms with Crippen LogP contribution in [0.25, 0.3) is 0 Å². The van der Waals surface area contributed by atoms with Crippen molar-refractivity contribution in [3.63, 3.8) is 0 Å². The number of aliphatic hydroxyl groups is 1. The van der Waals surface area contributed by atoms with E-state index in [1.807, 2.05) is 0 Å². The van der Waals surface area contributed by atoms with E-state index in [1.165, 1.54) is 14.0 Å². The summed E-state index contributed by atoms with van der Waals surface area (Å²) in [5.41, 5.74) is 1.68. The van der Waals surface area contributed by atoms with Crippen molar-refractivity contribution in [3.05, 3.63) is 63.1 Å². The van der Waals surface area contributed by atoms with Gasteiger partial charge >= 0.3 is 6.09 Å². The summed E-state index contributed by atoms with van der Waals surface area (Å²) in [4.78, 5) is 24.9. The van der Waals surface area contributed by atoms with Crippen molar-refractivity contribution < 1.29 is 33.3 Å². The molecule has 0 spiro atoms. The molecule has 3 N–H and O–H groups in total. The smallest absolute Gasteiger partial charge is 0.407 e. The SMILES string of the molecule is COc1ccc(Br)c2c1CN(C(=O)O)[C@@H]([C@@H](O)[C@H](Cc1cc(F)cc(F)c1)NC(C)=O)C2. The molecule has 1 aliphatic heterocycles. The molecule has 0 saturated heterocycles. The standard InChI is InChI=1S/C22H23BrF2N2O5/c1-11(28)26-18(7-12-5-13(24)8-14(25)6-12)21(29)19-9-15-16(10-27(19)22(30)31)20(32-2)4-3-17(15)23/h3-6,8,18-19,21,29H,7,9-10H2,1-2H3,(H,26,28)(H,30,31)/t18-,19+,21-/m0/s1. The number of nitrogens with zero attached hydrogens (tertiary/aromatic N) is 1. The molecule has 3 atom stereocenters. The van der Waals surface area contributed by atoms with E-state index in [9.17, 15) is 28.6 Å². The van der Waals surface area contributed by atoms with Crippen LogP contribution in [-0.2, 0) is 24.2 Å². The quantitative estimate of drug-likeness (QED) is 0.551. The number of rotatable bonds is 6. The highest BCUT2D eigenvalue weighted by molar-refractivity contribution is 9.10. The van der Waals surface area contributed by atoms with Gasteiger partial charge in [-0.15, -0.1) is 0 Å². The van der Waals surface area contributed by atoms with Crippen LogP contribution >= 0.6 is 15.9 Å². The van der Waals surface area contributed by atoms with E-state index in [4.69, 9.17) is 4.74 Å². The molecule has 1 aliphatic rings. The summed E-state index contributed by atoms with van der Waals surface area (Å²) in [7, 11) is 1.49. The van der Waals surface area contributed by atoms with Crippen LogP contribution in [0, 0.1) is 11.6 Å². The number of ether oxygens (including phenoxy) is 1. The Balaban J connectivity index is 1.97. The van der Waals surface area contributed by atoms with Gasteiger partial charge < -0.3 is 20.3 Å². The maximum atomic E-state index is 13.7. The molecular weight excluding hydrogens is 490 g/mol. The number of amides is 2. The molecule has 172 valence electrons. The minimum Gasteiger partial charge on any atom is -0.496 e. The van der Waals surface area contributed by atoms with E-state index in [1.54, 1.807) is 12.1 Å². The third-order valence-electron chi connectivity index (χ3n) is 5.51. The second-order valence-corrected chi connectivity index (χ2v) is 8.52. The Hall–Kier alpha value is -2.72. The molecule has 2 aromatic carbocycles. The fourth-order valence-corrected chi connectivity index (χ4v) is 4.65. The van der Waals surface area contributed by atoms with E-state index in [-0.39, 0.29) is 24.9 Å². The van der Waals surface area contributed by atoms with E-state index >= 15 is 0 Å². The summed E-state index contributed by atoms with van der Waals surface area (Å²) >= 11 is 3.47. The largest absolute Gasteiger partial charge is 0.496 e. The lowest BCUT2D eigenvalue weighted by atomic mass is 9.86. The van der Waals surface area contributed by atoms with Gasteiger partial charge in [0, 0.05) is 23.0 Å². The fourth-order valence-electron chi connectivity index (χ4n) is 4.12. The predicted molar refractivity (Wildman–Crippen MR) is 115 cm³/mol. The zero-order chi connectivity index (χ0) is 23.6. The molecule has 0 aliphatic carbocycles. The minimum atomic E-state index is -1.35. The zero-order valence-electron chi connectivity index (χ0n) is 17.4. The third kappa shape index (κ3) is 5.18. The first-order valence-corrected chi connectivity index (χ1v) is 10.6. The van der Waals surface area contributed by atoms with Gasteiger partial charge in [0.2, 0.25) is 5.91 Å². The number of methoxy groups -OCH3 is 1. The molecule has 0 saturated carbocycles. The van der Waals surface area contributed by atoms with Gasteiger partial charge in [0.1, 0.15) is 17.4 Å². The summed E-state index contributed by atoms with van der Waals surface area (Å²) in [6, 6.07) is 4.54. The summed E-state index contributed by atoms with van der Waals surface area (Å²) in [5, 5.41) is 23.6. The molecule has 1 heterocycles. The highest BCUT2D eigenvalue weighted by atomic mass is 79.9. The number of fused-ring (bicyclic) bond motifs is 1. The summed E-state index contributed by atoms with van der Waals surface area (Å²) in [6.45, 7) is 1.22. The molecule has 0 radical (unpaired) electrons. The van der Waals surface area contributed by atoms with Crippen LogP contribution in [0.5, 0.6) is 5.75 Å². The molecule has 2 aromatic rings. The van der Waals surface area contributed by atoms with Crippen LogP contribution in [0.3, 0.4) is 0 Å². The fraction of sp³-hybridized carbons (Fsp3) is 0.364. The Kier molecular flexibility index (Phi) is 7.35. The Morgan fingerprint density at radius 1 is 1.25 bits per heavy atom. The first-order valence-electron chi connectivity index (χ1n) is 9.84. The van der Waals surface area contributed by atoms with Crippen molar-refractivity contribution in [2.45, 2.75) is 44.5 Å². The van der Waals surface area contributed by atoms with Crippen LogP contribution in [-0.4, -0.2) is 52.4 Å². The number of carbonyl (C=O) groups is 2. The van der Waals surface area contributed by atoms with Crippen LogP contribution in [0.2, 0.25) is 0 Å². The number of aliphatic hydroxyl groups excluding tert-OH is 1. The maximum Gasteiger partial charge on any atom is 0.407 e. The van der Waals surface area contributed by atoms with Crippen molar-refractivity contribution in [2.75, 3.05) is 7.11 Å². The number of nitrogens with one attached hydrogen (secondary N) is 1. The summed E-state index contributed by atoms with van der Waals surface area (Å²) in [5.74, 6) is -1.51. The molecule has 2 amide bonds. The average Bonchev–Trinajstić information content (AvgIpc) is 2.71. The van der Waals surface area contributed by atoms with Crippen LogP contribution < -0.4 is 10.1 Å². The van der Waals surface area contributed by atoms with Gasteiger partial charge in [-0.1, -0.05) is 15.9 Å². The van der Waals surface area contributed by atoms with Crippen LogP contribution in [0.4, 0.5) is 13.6 Å². The molecule has 7 nitrogen and oxygen atoms in total. The lowest BCUT2D eigenvalue weighted by Gasteiger charge is -2.41. The first kappa shape index (κ1) is 23.9. The topological polar surface area (TPSA) is 99.1 Å². The predicted octanol–water partition coefficient (Wildman–Crippen LogP) is 3.25. The van der Waals surface area contributed by atoms with Gasteiger partial charge in [-0.2, -0.15) is 0 Å². The van der Waals surface area contributed by atoms with Crippen LogP contribution in [0.1, 0.15) is 23.6 Å². The molecule has 0 bridgehead atoms. The van der Waals surface area contributed by atoms with Crippen molar-refractivity contribution >= 4 is 27.9 Å². The highest BCUT2D eigenvalue weighted by Gasteiger charge is 2.40. The van der Waals surface area contributed by atoms with E-state index in [0.717, 1.165) is 33.1 Å². The lowest BCUT2D eigenvalue weighted by molar-refractivity contribution is -0.120. The van der Waals surface area contributed by atoms with Gasteiger partial charge in [0.15, 0.2) is 0 Å². The molecular formula is C22H23BrF2N2O5. The number of hydrogen-bond acceptors (Lipinski definition) is 4. The monoisotopic (exact) mass is 512 g/mol. The van der Waals surface area contributed by atoms with E-state index in [0.29, 0.717) is 11.3 Å². The number of halogens is 3. The van der Waals surface area contributed by atoms with Crippen LogP contribution in [0.15, 0.2) is 34.8 Å². The normalized spacial score (nSPS) is 17.3. The van der Waals surface area contributed by atoms with Crippen molar-refractivity contribution in [3.8, 4) is 5.75 Å². The molecule has 3 rings (SSSR count). The van der Waals surface area contributed by atoms with Gasteiger partial charge in [-0.25, -0.2) is 13.6 Å². The third-order valence-corrected chi connectivity index (χ3v) is 6.25. The Labute approximate surface area is 192 Å². The molecule has 10 heteroatoms. The summed E-state index contributed by atoms with van der Waals surface area (Å²) < 4.78 is 33.4. The average molecular weight is 513 g/mol. The summed E-state index contributed by atoms with van der Waals surface area (Å²) in [6.07, 6.45) is -2.55. The van der Waals surface area contributed by atoms with Gasteiger partial charge in [-0.05, 0) is 48.2 Å². The number of carboxylic acid groups (broad SMARTS) is 1. The van der Waals surface area contributed by atoms with Gasteiger partial charge in [0.05, 0.1) is 31.8 Å². The number of carbonyl (C=O) groups excluding carboxylic acids is 1. The Morgan fingerprint density at radius 3 is 2.47 bits per heavy atom. The van der Waals surface area contributed by atoms with Crippen molar-refractivity contribution in [1.29, 1.82) is 0 Å². The number of hydrogen-bond donors (Lipinski definition) is 3. The zero-order valence-corrected chi connectivity index (χ0v) is 19.0. The molecule has 0 aromatic heterocycles. The van der Waals surface area contributed by atoms with Crippen molar-refractivity contribution in [2.24, 2.45) is 0 Å². The number of benzene rings is 2. The molecule has 0 unspecified atom stereocenters. The Bertz CT molecular complexity index is 1020. The van der Waals surface area contributed by atoms with Crippen molar-refractivity contribution in [1.82, 2.24) is 10.2 Å². The minimum absolute atomic E-state index is 0.0314. The highest BCUT2D eigenvalue weighted by Crippen LogP contribution is 2.37. The molecule has 32 heavy (non-hydrogen) atoms. The lowest BCUT2D eigenvalue weighted by Crippen LogP contribution is -2.58. The van der Waals surface area contributed by atoms with Gasteiger partial charge in [0.25, 0.3) is 0 Å². The first-order chi connectivity index (χ1) is 15.1. The maximum absolute atomic E-state index is 13.7. The van der Waals surface area contributed by atoms with E-state index < -0.39 is 41.8 Å². The van der Waals surface area contributed by atoms with Gasteiger partial charge in [-0.3, -0.25) is 9.69 Å². The second-order valence-electron chi connectivity index (χ2n) is 7.67. The molecule has 0 fully saturated rings. The second kappa shape index (κ2) is 9.83. The Morgan fingerprint density at radius 2 is 1.91 bits per heavy atom. The van der Waals surface area contributed by atoms with E-state index in [2.05, 4.69) is 21.2 Å².